The highest BCUT2D eigenvalue weighted by molar-refractivity contribution is 5.81. The molecule has 2 rings (SSSR count). The van der Waals surface area contributed by atoms with E-state index in [0.717, 1.165) is 18.4 Å². The molecule has 0 heterocycles. The van der Waals surface area contributed by atoms with E-state index in [1.807, 2.05) is 44.2 Å². The summed E-state index contributed by atoms with van der Waals surface area (Å²) in [5.41, 5.74) is 6.52. The van der Waals surface area contributed by atoms with Gasteiger partial charge >= 0.3 is 0 Å². The van der Waals surface area contributed by atoms with Crippen LogP contribution in [-0.4, -0.2) is 23.6 Å². The average Bonchev–Trinajstić information content (AvgIpc) is 3.25. The Morgan fingerprint density at radius 3 is 2.45 bits per heavy atom. The fourth-order valence-electron chi connectivity index (χ4n) is 2.38. The summed E-state index contributed by atoms with van der Waals surface area (Å²) in [5.74, 6) is -0.0178. The van der Waals surface area contributed by atoms with Crippen molar-refractivity contribution in [3.63, 3.8) is 0 Å². The predicted octanol–water partition coefficient (Wildman–Crippen LogP) is 1.60. The highest BCUT2D eigenvalue weighted by atomic mass is 16.3. The van der Waals surface area contributed by atoms with Gasteiger partial charge in [-0.1, -0.05) is 44.2 Å². The summed E-state index contributed by atoms with van der Waals surface area (Å²) in [6, 6.07) is 9.13. The maximum absolute atomic E-state index is 11.9. The molecule has 20 heavy (non-hydrogen) atoms. The molecule has 110 valence electrons. The Morgan fingerprint density at radius 2 is 1.95 bits per heavy atom. The molecule has 0 aromatic heterocycles. The lowest BCUT2D eigenvalue weighted by atomic mass is 9.92. The fraction of sp³-hybridized carbons (Fsp3) is 0.562. The molecule has 1 aliphatic carbocycles. The number of benzene rings is 1. The summed E-state index contributed by atoms with van der Waals surface area (Å²) >= 11 is 0. The number of hydrogen-bond donors (Lipinski definition) is 3. The molecule has 1 amide bonds. The average molecular weight is 276 g/mol. The molecule has 4 N–H and O–H groups in total. The lowest BCUT2D eigenvalue weighted by Crippen LogP contribution is -2.46. The minimum atomic E-state index is -0.528. The van der Waals surface area contributed by atoms with Gasteiger partial charge in [-0.3, -0.25) is 4.79 Å². The number of nitrogens with one attached hydrogen (secondary N) is 1. The van der Waals surface area contributed by atoms with Crippen molar-refractivity contribution in [2.75, 3.05) is 6.54 Å². The summed E-state index contributed by atoms with van der Waals surface area (Å²) in [5, 5.41) is 13.4. The molecule has 1 fully saturated rings. The van der Waals surface area contributed by atoms with Crippen molar-refractivity contribution in [1.29, 1.82) is 0 Å². The van der Waals surface area contributed by atoms with Gasteiger partial charge in [0.05, 0.1) is 12.1 Å². The van der Waals surface area contributed by atoms with Gasteiger partial charge < -0.3 is 16.2 Å². The molecule has 1 saturated carbocycles. The molecule has 0 saturated heterocycles. The first-order valence-electron chi connectivity index (χ1n) is 7.22. The molecule has 1 unspecified atom stereocenters. The van der Waals surface area contributed by atoms with Crippen LogP contribution >= 0.6 is 0 Å². The van der Waals surface area contributed by atoms with Gasteiger partial charge in [0.15, 0.2) is 0 Å². The maximum atomic E-state index is 11.9. The molecule has 4 heteroatoms. The third kappa shape index (κ3) is 3.19. The summed E-state index contributed by atoms with van der Waals surface area (Å²) < 4.78 is 0. The lowest BCUT2D eigenvalue weighted by Gasteiger charge is -2.24. The topological polar surface area (TPSA) is 75.4 Å². The first-order valence-corrected chi connectivity index (χ1v) is 7.22. The van der Waals surface area contributed by atoms with Crippen molar-refractivity contribution >= 4 is 5.91 Å². The van der Waals surface area contributed by atoms with E-state index in [-0.39, 0.29) is 17.2 Å². The molecule has 1 aromatic rings. The van der Waals surface area contributed by atoms with Crippen LogP contribution in [0.4, 0.5) is 0 Å². The summed E-state index contributed by atoms with van der Waals surface area (Å²) in [7, 11) is 0. The van der Waals surface area contributed by atoms with E-state index in [4.69, 9.17) is 5.73 Å². The standard InChI is InChI=1S/C16H24N2O2/c1-11(2)13(17)15(20)18-10-16(8-9-16)14(19)12-6-4-3-5-7-12/h3-7,11,13-14,19H,8-10,17H2,1-2H3,(H,18,20)/t13-,14?/m0/s1. The largest absolute Gasteiger partial charge is 0.388 e. The minimum absolute atomic E-state index is 0.115. The van der Waals surface area contributed by atoms with Gasteiger partial charge in [0.2, 0.25) is 5.91 Å². The monoisotopic (exact) mass is 276 g/mol. The Kier molecular flexibility index (Phi) is 4.45. The van der Waals surface area contributed by atoms with Crippen molar-refractivity contribution in [3.8, 4) is 0 Å². The SMILES string of the molecule is CC(C)[C@H](N)C(=O)NCC1(C(O)c2ccccc2)CC1. The lowest BCUT2D eigenvalue weighted by molar-refractivity contribution is -0.123. The van der Waals surface area contributed by atoms with Crippen molar-refractivity contribution < 1.29 is 9.90 Å². The number of amides is 1. The van der Waals surface area contributed by atoms with Crippen molar-refractivity contribution in [2.45, 2.75) is 38.8 Å². The Bertz CT molecular complexity index is 455. The molecule has 0 spiro atoms. The number of hydrogen-bond acceptors (Lipinski definition) is 3. The third-order valence-electron chi connectivity index (χ3n) is 4.22. The van der Waals surface area contributed by atoms with Crippen LogP contribution < -0.4 is 11.1 Å². The van der Waals surface area contributed by atoms with E-state index < -0.39 is 12.1 Å². The van der Waals surface area contributed by atoms with E-state index in [0.29, 0.717) is 6.54 Å². The second-order valence-corrected chi connectivity index (χ2v) is 6.16. The molecule has 0 radical (unpaired) electrons. The third-order valence-corrected chi connectivity index (χ3v) is 4.22. The number of carbonyl (C=O) groups excluding carboxylic acids is 1. The first kappa shape index (κ1) is 15.0. The van der Waals surface area contributed by atoms with Gasteiger partial charge in [-0.25, -0.2) is 0 Å². The second-order valence-electron chi connectivity index (χ2n) is 6.16. The van der Waals surface area contributed by atoms with Gasteiger partial charge in [0, 0.05) is 12.0 Å². The first-order chi connectivity index (χ1) is 9.46. The highest BCUT2D eigenvalue weighted by Gasteiger charge is 2.49. The van der Waals surface area contributed by atoms with Crippen LogP contribution in [0.25, 0.3) is 0 Å². The van der Waals surface area contributed by atoms with Crippen LogP contribution in [0.2, 0.25) is 0 Å². The quantitative estimate of drug-likeness (QED) is 0.738. The molecule has 0 aliphatic heterocycles. The molecule has 0 bridgehead atoms. The van der Waals surface area contributed by atoms with Crippen molar-refractivity contribution in [2.24, 2.45) is 17.1 Å². The van der Waals surface area contributed by atoms with Crippen LogP contribution in [0.1, 0.15) is 38.4 Å². The zero-order chi connectivity index (χ0) is 14.8. The number of rotatable bonds is 6. The summed E-state index contributed by atoms with van der Waals surface area (Å²) in [6.45, 7) is 4.34. The van der Waals surface area contributed by atoms with Crippen molar-refractivity contribution in [3.05, 3.63) is 35.9 Å². The zero-order valence-corrected chi connectivity index (χ0v) is 12.2. The Morgan fingerprint density at radius 1 is 1.35 bits per heavy atom. The number of aliphatic hydroxyl groups excluding tert-OH is 1. The normalized spacial score (nSPS) is 19.4. The van der Waals surface area contributed by atoms with Gasteiger partial charge in [0.1, 0.15) is 0 Å². The number of aliphatic hydroxyl groups is 1. The van der Waals surface area contributed by atoms with E-state index in [2.05, 4.69) is 5.32 Å². The van der Waals surface area contributed by atoms with Crippen molar-refractivity contribution in [1.82, 2.24) is 5.32 Å². The predicted molar refractivity (Wildman–Crippen MR) is 78.9 cm³/mol. The highest BCUT2D eigenvalue weighted by Crippen LogP contribution is 2.54. The van der Waals surface area contributed by atoms with Gasteiger partial charge in [-0.15, -0.1) is 0 Å². The zero-order valence-electron chi connectivity index (χ0n) is 12.2. The Hall–Kier alpha value is -1.39. The Balaban J connectivity index is 1.94. The molecule has 1 aliphatic rings. The smallest absolute Gasteiger partial charge is 0.237 e. The molecular weight excluding hydrogens is 252 g/mol. The van der Waals surface area contributed by atoms with E-state index in [9.17, 15) is 9.90 Å². The Labute approximate surface area is 120 Å². The van der Waals surface area contributed by atoms with Gasteiger partial charge in [-0.2, -0.15) is 0 Å². The second kappa shape index (κ2) is 5.94. The molecule has 1 aromatic carbocycles. The summed E-state index contributed by atoms with van der Waals surface area (Å²) in [4.78, 5) is 11.9. The van der Waals surface area contributed by atoms with Crippen LogP contribution in [0.3, 0.4) is 0 Å². The van der Waals surface area contributed by atoms with Gasteiger partial charge in [0.25, 0.3) is 0 Å². The van der Waals surface area contributed by atoms with Crippen LogP contribution in [0.5, 0.6) is 0 Å². The van der Waals surface area contributed by atoms with Crippen LogP contribution in [0, 0.1) is 11.3 Å². The number of carbonyl (C=O) groups is 1. The number of nitrogens with two attached hydrogens (primary N) is 1. The minimum Gasteiger partial charge on any atom is -0.388 e. The maximum Gasteiger partial charge on any atom is 0.237 e. The van der Waals surface area contributed by atoms with E-state index in [1.54, 1.807) is 0 Å². The molecule has 2 atom stereocenters. The van der Waals surface area contributed by atoms with Crippen LogP contribution in [-0.2, 0) is 4.79 Å². The van der Waals surface area contributed by atoms with Crippen LogP contribution in [0.15, 0.2) is 30.3 Å². The van der Waals surface area contributed by atoms with Gasteiger partial charge in [-0.05, 0) is 24.3 Å². The molecular formula is C16H24N2O2. The summed E-state index contributed by atoms with van der Waals surface area (Å²) in [6.07, 6.45) is 1.33. The molecule has 4 nitrogen and oxygen atoms in total. The van der Waals surface area contributed by atoms with E-state index >= 15 is 0 Å². The van der Waals surface area contributed by atoms with E-state index in [1.165, 1.54) is 0 Å². The fourth-order valence-corrected chi connectivity index (χ4v) is 2.38.